The van der Waals surface area contributed by atoms with Crippen LogP contribution >= 0.6 is 0 Å². The normalized spacial score (nSPS) is 32.6. The third-order valence-corrected chi connectivity index (χ3v) is 7.01. The summed E-state index contributed by atoms with van der Waals surface area (Å²) in [4.78, 5) is 18.1. The average Bonchev–Trinajstić information content (AvgIpc) is 3.46. The lowest BCUT2D eigenvalue weighted by molar-refractivity contribution is -0.00360. The number of nitrogens with zero attached hydrogens (tertiary/aromatic N) is 4. The molecule has 4 fully saturated rings. The van der Waals surface area contributed by atoms with Crippen molar-refractivity contribution in [3.63, 3.8) is 0 Å². The van der Waals surface area contributed by atoms with Gasteiger partial charge < -0.3 is 14.4 Å². The van der Waals surface area contributed by atoms with E-state index in [4.69, 9.17) is 9.47 Å². The van der Waals surface area contributed by atoms with Gasteiger partial charge in [-0.3, -0.25) is 14.4 Å². The highest BCUT2D eigenvalue weighted by Crippen LogP contribution is 2.48. The molecule has 0 unspecified atom stereocenters. The van der Waals surface area contributed by atoms with Crippen LogP contribution in [0.3, 0.4) is 0 Å². The van der Waals surface area contributed by atoms with Crippen LogP contribution in [0.15, 0.2) is 30.5 Å². The molecule has 7 nitrogen and oxygen atoms in total. The fourth-order valence-electron chi connectivity index (χ4n) is 5.77. The molecule has 7 rings (SSSR count). The van der Waals surface area contributed by atoms with E-state index in [-0.39, 0.29) is 24.7 Å². The zero-order valence-corrected chi connectivity index (χ0v) is 16.0. The van der Waals surface area contributed by atoms with E-state index in [1.165, 1.54) is 18.4 Å². The second-order valence-electron chi connectivity index (χ2n) is 8.41. The largest absolute Gasteiger partial charge is 0.454 e. The summed E-state index contributed by atoms with van der Waals surface area (Å²) >= 11 is 0. The Bertz CT molecular complexity index is 933. The van der Waals surface area contributed by atoms with Gasteiger partial charge in [-0.1, -0.05) is 6.07 Å². The van der Waals surface area contributed by atoms with Gasteiger partial charge in [0.05, 0.1) is 6.04 Å². The summed E-state index contributed by atoms with van der Waals surface area (Å²) in [6.07, 6.45) is 4.20. The molecule has 1 aromatic carbocycles. The minimum Gasteiger partial charge on any atom is -0.454 e. The summed E-state index contributed by atoms with van der Waals surface area (Å²) in [5, 5.41) is 4.38. The number of piperidine rings is 3. The van der Waals surface area contributed by atoms with Crippen molar-refractivity contribution < 1.29 is 14.3 Å². The van der Waals surface area contributed by atoms with Gasteiger partial charge >= 0.3 is 0 Å². The van der Waals surface area contributed by atoms with Crippen LogP contribution in [-0.2, 0) is 7.05 Å². The molecule has 146 valence electrons. The summed E-state index contributed by atoms with van der Waals surface area (Å²) in [6.45, 7) is 3.29. The molecule has 2 aromatic rings. The average molecular weight is 380 g/mol. The minimum atomic E-state index is 0.0626. The Morgan fingerprint density at radius 1 is 1.11 bits per heavy atom. The van der Waals surface area contributed by atoms with Crippen molar-refractivity contribution in [2.24, 2.45) is 13.0 Å². The van der Waals surface area contributed by atoms with Gasteiger partial charge in [0.2, 0.25) is 6.79 Å². The van der Waals surface area contributed by atoms with E-state index < -0.39 is 0 Å². The van der Waals surface area contributed by atoms with Gasteiger partial charge in [0.25, 0.3) is 5.91 Å². The fraction of sp³-hybridized carbons (Fsp3) is 0.524. The summed E-state index contributed by atoms with van der Waals surface area (Å²) in [5.74, 6) is 2.56. The van der Waals surface area contributed by atoms with E-state index in [2.05, 4.69) is 27.0 Å². The van der Waals surface area contributed by atoms with Crippen LogP contribution in [0.5, 0.6) is 11.5 Å². The molecular weight excluding hydrogens is 356 g/mol. The highest BCUT2D eigenvalue weighted by molar-refractivity contribution is 5.93. The first-order valence-corrected chi connectivity index (χ1v) is 10.1. The number of ether oxygens (including phenoxy) is 2. The maximum Gasteiger partial charge on any atom is 0.274 e. The van der Waals surface area contributed by atoms with Crippen molar-refractivity contribution in [1.29, 1.82) is 0 Å². The third kappa shape index (κ3) is 2.32. The molecule has 28 heavy (non-hydrogen) atoms. The SMILES string of the molecule is Cn1ccc(C(=O)N2C[C@H](c3ccc4c(c3)OCO4)[C@H]3[C@@H]2C2CCN3CC2)n1. The summed E-state index contributed by atoms with van der Waals surface area (Å²) in [5.41, 5.74) is 1.78. The molecule has 0 spiro atoms. The molecule has 5 aliphatic rings. The van der Waals surface area contributed by atoms with Crippen molar-refractivity contribution in [1.82, 2.24) is 19.6 Å². The lowest BCUT2D eigenvalue weighted by Gasteiger charge is -2.51. The van der Waals surface area contributed by atoms with Gasteiger partial charge in [0, 0.05) is 31.7 Å². The van der Waals surface area contributed by atoms with E-state index >= 15 is 0 Å². The summed E-state index contributed by atoms with van der Waals surface area (Å²) < 4.78 is 12.8. The van der Waals surface area contributed by atoms with E-state index in [0.29, 0.717) is 17.7 Å². The number of benzene rings is 1. The Balaban J connectivity index is 1.38. The number of hydrogen-bond acceptors (Lipinski definition) is 5. The Labute approximate surface area is 163 Å². The summed E-state index contributed by atoms with van der Waals surface area (Å²) in [6, 6.07) is 8.74. The topological polar surface area (TPSA) is 59.8 Å². The van der Waals surface area contributed by atoms with Gasteiger partial charge in [-0.2, -0.15) is 5.10 Å². The first kappa shape index (κ1) is 16.4. The van der Waals surface area contributed by atoms with Crippen LogP contribution in [0.2, 0.25) is 0 Å². The summed E-state index contributed by atoms with van der Waals surface area (Å²) in [7, 11) is 1.85. The highest BCUT2D eigenvalue weighted by atomic mass is 16.7. The minimum absolute atomic E-state index is 0.0626. The number of hydrogen-bond donors (Lipinski definition) is 0. The van der Waals surface area contributed by atoms with Crippen molar-refractivity contribution in [3.05, 3.63) is 41.7 Å². The number of likely N-dealkylation sites (tertiary alicyclic amines) is 1. The molecule has 2 bridgehead atoms. The van der Waals surface area contributed by atoms with Crippen LogP contribution in [0.4, 0.5) is 0 Å². The second kappa shape index (κ2) is 5.98. The number of carbonyl (C=O) groups is 1. The van der Waals surface area contributed by atoms with E-state index in [9.17, 15) is 4.79 Å². The molecule has 7 heteroatoms. The van der Waals surface area contributed by atoms with Crippen molar-refractivity contribution in [2.45, 2.75) is 30.8 Å². The first-order valence-electron chi connectivity index (χ1n) is 10.1. The lowest BCUT2D eigenvalue weighted by Crippen LogP contribution is -2.60. The first-order chi connectivity index (χ1) is 13.7. The van der Waals surface area contributed by atoms with Gasteiger partial charge in [0.15, 0.2) is 11.5 Å². The molecule has 4 saturated heterocycles. The monoisotopic (exact) mass is 380 g/mol. The van der Waals surface area contributed by atoms with Gasteiger partial charge in [-0.25, -0.2) is 0 Å². The molecule has 0 aliphatic carbocycles. The maximum absolute atomic E-state index is 13.3. The quantitative estimate of drug-likeness (QED) is 0.796. The molecule has 0 N–H and O–H groups in total. The number of fused-ring (bicyclic) bond motifs is 3. The fourth-order valence-corrected chi connectivity index (χ4v) is 5.77. The number of carbonyl (C=O) groups excluding carboxylic acids is 1. The standard InChI is InChI=1S/C21H24N4O3/c1-23-7-6-16(22-23)21(26)25-11-15(14-2-3-17-18(10-14)28-12-27-17)20-19(25)13-4-8-24(20)9-5-13/h2-3,6-7,10,13,15,19-20H,4-5,8-9,11-12H2,1H3/t15-,19+,20+/m1/s1. The number of aromatic nitrogens is 2. The van der Waals surface area contributed by atoms with Crippen LogP contribution in [0, 0.1) is 5.92 Å². The van der Waals surface area contributed by atoms with Crippen molar-refractivity contribution in [3.8, 4) is 11.5 Å². The second-order valence-corrected chi connectivity index (χ2v) is 8.41. The van der Waals surface area contributed by atoms with Gasteiger partial charge in [-0.15, -0.1) is 0 Å². The van der Waals surface area contributed by atoms with Crippen LogP contribution < -0.4 is 9.47 Å². The van der Waals surface area contributed by atoms with Crippen LogP contribution in [0.1, 0.15) is 34.8 Å². The third-order valence-electron chi connectivity index (χ3n) is 7.01. The number of aryl methyl sites for hydroxylation is 1. The Morgan fingerprint density at radius 2 is 1.93 bits per heavy atom. The van der Waals surface area contributed by atoms with Gasteiger partial charge in [0.1, 0.15) is 5.69 Å². The van der Waals surface area contributed by atoms with E-state index in [1.54, 1.807) is 4.68 Å². The van der Waals surface area contributed by atoms with E-state index in [0.717, 1.165) is 31.1 Å². The molecule has 1 amide bonds. The number of amides is 1. The van der Waals surface area contributed by atoms with Crippen LogP contribution in [0.25, 0.3) is 0 Å². The van der Waals surface area contributed by atoms with Crippen molar-refractivity contribution >= 4 is 5.91 Å². The Morgan fingerprint density at radius 3 is 2.71 bits per heavy atom. The molecule has 6 heterocycles. The zero-order chi connectivity index (χ0) is 18.8. The predicted octanol–water partition coefficient (Wildman–Crippen LogP) is 1.85. The molecule has 3 atom stereocenters. The predicted molar refractivity (Wildman–Crippen MR) is 101 cm³/mol. The molecular formula is C21H24N4O3. The number of rotatable bonds is 2. The smallest absolute Gasteiger partial charge is 0.274 e. The highest BCUT2D eigenvalue weighted by Gasteiger charge is 2.55. The van der Waals surface area contributed by atoms with Crippen LogP contribution in [-0.4, -0.2) is 64.0 Å². The zero-order valence-electron chi connectivity index (χ0n) is 16.0. The lowest BCUT2D eigenvalue weighted by atomic mass is 9.75. The van der Waals surface area contributed by atoms with Gasteiger partial charge in [-0.05, 0) is 55.6 Å². The molecule has 5 aliphatic heterocycles. The van der Waals surface area contributed by atoms with E-state index in [1.807, 2.05) is 25.4 Å². The molecule has 0 radical (unpaired) electrons. The maximum atomic E-state index is 13.3. The molecule has 0 saturated carbocycles. The Kier molecular flexibility index (Phi) is 3.50. The molecule has 1 aromatic heterocycles. The Hall–Kier alpha value is -2.54. The van der Waals surface area contributed by atoms with Crippen molar-refractivity contribution in [2.75, 3.05) is 26.4 Å².